The summed E-state index contributed by atoms with van der Waals surface area (Å²) < 4.78 is 5.01. The monoisotopic (exact) mass is 269 g/mol. The van der Waals surface area contributed by atoms with E-state index in [1.54, 1.807) is 0 Å². The van der Waals surface area contributed by atoms with E-state index in [1.165, 1.54) is 26.3 Å². The van der Waals surface area contributed by atoms with Crippen molar-refractivity contribution >= 4 is 11.6 Å². The van der Waals surface area contributed by atoms with E-state index in [0.29, 0.717) is 11.3 Å². The van der Waals surface area contributed by atoms with Crippen LogP contribution in [0.15, 0.2) is 12.3 Å². The number of nitrogens with two attached hydrogens (primary N) is 1. The number of methoxy groups -OCH3 is 1. The summed E-state index contributed by atoms with van der Waals surface area (Å²) in [4.78, 5) is 14.6. The zero-order valence-corrected chi connectivity index (χ0v) is 11.0. The van der Waals surface area contributed by atoms with E-state index in [4.69, 9.17) is 10.5 Å². The first kappa shape index (κ1) is 15.2. The van der Waals surface area contributed by atoms with Gasteiger partial charge in [-0.3, -0.25) is 4.79 Å². The maximum Gasteiger partial charge on any atom is 0.219 e. The van der Waals surface area contributed by atoms with Crippen LogP contribution in [0, 0.1) is 0 Å². The van der Waals surface area contributed by atoms with E-state index >= 15 is 0 Å². The van der Waals surface area contributed by atoms with Gasteiger partial charge in [-0.1, -0.05) is 0 Å². The summed E-state index contributed by atoms with van der Waals surface area (Å²) in [5.74, 6) is 0.0187. The SMILES string of the molecule is COc1ncc(N)cc1C(O)C(O)CCNC(C)=O. The number of carbonyl (C=O) groups excluding carboxylic acids is 1. The molecule has 5 N–H and O–H groups in total. The number of aromatic nitrogens is 1. The van der Waals surface area contributed by atoms with Crippen LogP contribution in [0.3, 0.4) is 0 Å². The molecule has 106 valence electrons. The van der Waals surface area contributed by atoms with Crippen LogP contribution in [0.25, 0.3) is 0 Å². The highest BCUT2D eigenvalue weighted by molar-refractivity contribution is 5.72. The molecule has 0 aliphatic rings. The van der Waals surface area contributed by atoms with Gasteiger partial charge in [0.25, 0.3) is 0 Å². The van der Waals surface area contributed by atoms with E-state index in [9.17, 15) is 15.0 Å². The van der Waals surface area contributed by atoms with Gasteiger partial charge in [0, 0.05) is 19.0 Å². The summed E-state index contributed by atoms with van der Waals surface area (Å²) in [5.41, 5.74) is 6.27. The maximum absolute atomic E-state index is 10.7. The highest BCUT2D eigenvalue weighted by Gasteiger charge is 2.22. The van der Waals surface area contributed by atoms with Crippen molar-refractivity contribution in [2.24, 2.45) is 0 Å². The van der Waals surface area contributed by atoms with Gasteiger partial charge in [-0.15, -0.1) is 0 Å². The molecule has 0 aromatic carbocycles. The highest BCUT2D eigenvalue weighted by Crippen LogP contribution is 2.27. The number of aliphatic hydroxyl groups excluding tert-OH is 2. The molecule has 0 saturated carbocycles. The van der Waals surface area contributed by atoms with E-state index in [1.807, 2.05) is 0 Å². The van der Waals surface area contributed by atoms with Crippen LogP contribution in [0.5, 0.6) is 5.88 Å². The first-order valence-electron chi connectivity index (χ1n) is 5.85. The molecule has 1 heterocycles. The molecule has 0 fully saturated rings. The molecule has 1 rings (SSSR count). The number of amides is 1. The van der Waals surface area contributed by atoms with Gasteiger partial charge in [0.2, 0.25) is 11.8 Å². The van der Waals surface area contributed by atoms with Crippen LogP contribution in [0.1, 0.15) is 25.0 Å². The minimum Gasteiger partial charge on any atom is -0.481 e. The number of nitrogens with one attached hydrogen (secondary N) is 1. The third-order valence-electron chi connectivity index (χ3n) is 2.59. The molecule has 2 unspecified atom stereocenters. The zero-order valence-electron chi connectivity index (χ0n) is 11.0. The number of rotatable bonds is 6. The zero-order chi connectivity index (χ0) is 14.4. The summed E-state index contributed by atoms with van der Waals surface area (Å²) in [6, 6.07) is 1.50. The lowest BCUT2D eigenvalue weighted by Crippen LogP contribution is -2.28. The van der Waals surface area contributed by atoms with Gasteiger partial charge < -0.3 is 26.0 Å². The molecule has 19 heavy (non-hydrogen) atoms. The molecule has 2 atom stereocenters. The Labute approximate surface area is 111 Å². The summed E-state index contributed by atoms with van der Waals surface area (Å²) in [6.07, 6.45) is -0.624. The Balaban J connectivity index is 2.72. The van der Waals surface area contributed by atoms with Crippen LogP contribution in [0.4, 0.5) is 5.69 Å². The van der Waals surface area contributed by atoms with Crippen molar-refractivity contribution in [3.8, 4) is 5.88 Å². The maximum atomic E-state index is 10.7. The second-order valence-corrected chi connectivity index (χ2v) is 4.15. The molecule has 0 aliphatic carbocycles. The lowest BCUT2D eigenvalue weighted by Gasteiger charge is -2.20. The van der Waals surface area contributed by atoms with Crippen LogP contribution in [-0.2, 0) is 4.79 Å². The van der Waals surface area contributed by atoms with Crippen molar-refractivity contribution in [1.29, 1.82) is 0 Å². The van der Waals surface area contributed by atoms with Crippen LogP contribution in [-0.4, -0.2) is 40.9 Å². The number of pyridine rings is 1. The lowest BCUT2D eigenvalue weighted by atomic mass is 10.0. The normalized spacial score (nSPS) is 13.7. The fraction of sp³-hybridized carbons (Fsp3) is 0.500. The predicted molar refractivity (Wildman–Crippen MR) is 69.5 cm³/mol. The highest BCUT2D eigenvalue weighted by atomic mass is 16.5. The molecular weight excluding hydrogens is 250 g/mol. The standard InChI is InChI=1S/C12H19N3O4/c1-7(16)14-4-3-10(17)11(18)9-5-8(13)6-15-12(9)19-2/h5-6,10-11,17-18H,3-4,13H2,1-2H3,(H,14,16). The minimum absolute atomic E-state index is 0.190. The molecule has 0 radical (unpaired) electrons. The van der Waals surface area contributed by atoms with E-state index in [2.05, 4.69) is 10.3 Å². The Morgan fingerprint density at radius 3 is 2.84 bits per heavy atom. The number of nitrogens with zero attached hydrogens (tertiary/aromatic N) is 1. The Morgan fingerprint density at radius 1 is 1.58 bits per heavy atom. The fourth-order valence-electron chi connectivity index (χ4n) is 1.63. The first-order chi connectivity index (χ1) is 8.95. The van der Waals surface area contributed by atoms with E-state index < -0.39 is 12.2 Å². The Bertz CT molecular complexity index is 439. The molecule has 7 heteroatoms. The molecule has 0 saturated heterocycles. The van der Waals surface area contributed by atoms with Gasteiger partial charge in [-0.2, -0.15) is 0 Å². The molecule has 1 aromatic heterocycles. The first-order valence-corrected chi connectivity index (χ1v) is 5.85. The molecule has 1 aromatic rings. The van der Waals surface area contributed by atoms with Crippen molar-refractivity contribution in [2.75, 3.05) is 19.4 Å². The van der Waals surface area contributed by atoms with E-state index in [-0.39, 0.29) is 24.8 Å². The molecule has 0 spiro atoms. The average Bonchev–Trinajstić information content (AvgIpc) is 2.37. The van der Waals surface area contributed by atoms with Crippen molar-refractivity contribution in [2.45, 2.75) is 25.6 Å². The fourth-order valence-corrected chi connectivity index (χ4v) is 1.63. The van der Waals surface area contributed by atoms with Crippen molar-refractivity contribution in [3.05, 3.63) is 17.8 Å². The largest absolute Gasteiger partial charge is 0.481 e. The Kier molecular flexibility index (Phi) is 5.53. The van der Waals surface area contributed by atoms with Crippen LogP contribution >= 0.6 is 0 Å². The number of carbonyl (C=O) groups is 1. The van der Waals surface area contributed by atoms with Crippen molar-refractivity contribution < 1.29 is 19.7 Å². The minimum atomic E-state index is -1.18. The lowest BCUT2D eigenvalue weighted by molar-refractivity contribution is -0.119. The average molecular weight is 269 g/mol. The number of ether oxygens (including phenoxy) is 1. The van der Waals surface area contributed by atoms with Gasteiger partial charge in [0.15, 0.2) is 0 Å². The second kappa shape index (κ2) is 6.91. The number of hydrogen-bond acceptors (Lipinski definition) is 6. The number of anilines is 1. The second-order valence-electron chi connectivity index (χ2n) is 4.15. The molecule has 0 aliphatic heterocycles. The number of aliphatic hydroxyl groups is 2. The van der Waals surface area contributed by atoms with Gasteiger partial charge in [-0.25, -0.2) is 4.98 Å². The van der Waals surface area contributed by atoms with Gasteiger partial charge >= 0.3 is 0 Å². The van der Waals surface area contributed by atoms with Gasteiger partial charge in [0.1, 0.15) is 6.10 Å². The van der Waals surface area contributed by atoms with Crippen molar-refractivity contribution in [1.82, 2.24) is 10.3 Å². The summed E-state index contributed by atoms with van der Waals surface area (Å²) in [6.45, 7) is 1.65. The third kappa shape index (κ3) is 4.38. The van der Waals surface area contributed by atoms with E-state index in [0.717, 1.165) is 0 Å². The summed E-state index contributed by atoms with van der Waals surface area (Å²) >= 11 is 0. The van der Waals surface area contributed by atoms with Crippen LogP contribution in [0.2, 0.25) is 0 Å². The smallest absolute Gasteiger partial charge is 0.219 e. The Morgan fingerprint density at radius 2 is 2.26 bits per heavy atom. The third-order valence-corrected chi connectivity index (χ3v) is 2.59. The predicted octanol–water partition coefficient (Wildman–Crippen LogP) is -0.407. The molecular formula is C12H19N3O4. The number of nitrogen functional groups attached to an aromatic ring is 1. The molecule has 0 bridgehead atoms. The van der Waals surface area contributed by atoms with Crippen LogP contribution < -0.4 is 15.8 Å². The Hall–Kier alpha value is -1.86. The summed E-state index contributed by atoms with van der Waals surface area (Å²) in [5, 5.41) is 22.5. The summed E-state index contributed by atoms with van der Waals surface area (Å²) in [7, 11) is 1.42. The number of hydrogen-bond donors (Lipinski definition) is 4. The van der Waals surface area contributed by atoms with Gasteiger partial charge in [-0.05, 0) is 12.5 Å². The molecule has 1 amide bonds. The molecule has 7 nitrogen and oxygen atoms in total. The topological polar surface area (TPSA) is 118 Å². The van der Waals surface area contributed by atoms with Gasteiger partial charge in [0.05, 0.1) is 25.1 Å². The van der Waals surface area contributed by atoms with Crippen molar-refractivity contribution in [3.63, 3.8) is 0 Å². The quantitative estimate of drug-likeness (QED) is 0.558.